The van der Waals surface area contributed by atoms with Gasteiger partial charge in [-0.3, -0.25) is 14.9 Å². The van der Waals surface area contributed by atoms with E-state index in [1.54, 1.807) is 18.2 Å². The van der Waals surface area contributed by atoms with Crippen LogP contribution in [0.2, 0.25) is 5.02 Å². The largest absolute Gasteiger partial charge is 0.454 e. The summed E-state index contributed by atoms with van der Waals surface area (Å²) in [6.07, 6.45) is 0. The lowest BCUT2D eigenvalue weighted by Gasteiger charge is -2.07. The molecule has 2 aromatic carbocycles. The Morgan fingerprint density at radius 1 is 1.22 bits per heavy atom. The predicted octanol–water partition coefficient (Wildman–Crippen LogP) is 2.91. The van der Waals surface area contributed by atoms with Crippen molar-refractivity contribution in [2.45, 2.75) is 6.54 Å². The summed E-state index contributed by atoms with van der Waals surface area (Å²) in [5.74, 6) is 0.702. The van der Waals surface area contributed by atoms with Gasteiger partial charge in [0.25, 0.3) is 11.6 Å². The number of nitro groups is 1. The maximum atomic E-state index is 12.2. The number of amides is 1. The van der Waals surface area contributed by atoms with Crippen LogP contribution in [0.3, 0.4) is 0 Å². The molecule has 0 aliphatic carbocycles. The standard InChI is InChI=1S/C15H11ClN2O5/c16-10-2-3-11(12(6-10)18(20)21)15(19)17-7-9-1-4-13-14(5-9)23-8-22-13/h1-6H,7-8H2,(H,17,19). The normalized spacial score (nSPS) is 12.0. The van der Waals surface area contributed by atoms with Gasteiger partial charge in [0.2, 0.25) is 6.79 Å². The Morgan fingerprint density at radius 3 is 2.78 bits per heavy atom. The van der Waals surface area contributed by atoms with Crippen LogP contribution in [0, 0.1) is 10.1 Å². The van der Waals surface area contributed by atoms with E-state index >= 15 is 0 Å². The zero-order chi connectivity index (χ0) is 16.4. The summed E-state index contributed by atoms with van der Waals surface area (Å²) in [5, 5.41) is 13.9. The lowest BCUT2D eigenvalue weighted by atomic mass is 10.1. The highest BCUT2D eigenvalue weighted by Crippen LogP contribution is 2.32. The third kappa shape index (κ3) is 3.19. The molecule has 118 valence electrons. The zero-order valence-corrected chi connectivity index (χ0v) is 12.5. The summed E-state index contributed by atoms with van der Waals surface area (Å²) in [5.41, 5.74) is 0.417. The van der Waals surface area contributed by atoms with E-state index in [0.29, 0.717) is 11.5 Å². The first kappa shape index (κ1) is 15.1. The Labute approximate surface area is 135 Å². The van der Waals surface area contributed by atoms with Gasteiger partial charge in [-0.2, -0.15) is 0 Å². The Morgan fingerprint density at radius 2 is 2.00 bits per heavy atom. The van der Waals surface area contributed by atoms with E-state index in [2.05, 4.69) is 5.32 Å². The Hall–Kier alpha value is -2.80. The van der Waals surface area contributed by atoms with Crippen LogP contribution in [0.15, 0.2) is 36.4 Å². The molecule has 0 saturated carbocycles. The fraction of sp³-hybridized carbons (Fsp3) is 0.133. The lowest BCUT2D eigenvalue weighted by molar-refractivity contribution is -0.385. The van der Waals surface area contributed by atoms with Gasteiger partial charge in [-0.1, -0.05) is 17.7 Å². The first-order valence-electron chi connectivity index (χ1n) is 6.65. The van der Waals surface area contributed by atoms with Crippen LogP contribution in [0.25, 0.3) is 0 Å². The molecule has 0 bridgehead atoms. The second-order valence-corrected chi connectivity index (χ2v) is 5.23. The number of halogens is 1. The van der Waals surface area contributed by atoms with Gasteiger partial charge < -0.3 is 14.8 Å². The minimum Gasteiger partial charge on any atom is -0.454 e. The number of fused-ring (bicyclic) bond motifs is 1. The van der Waals surface area contributed by atoms with E-state index in [1.165, 1.54) is 12.1 Å². The molecule has 0 spiro atoms. The number of ether oxygens (including phenoxy) is 2. The van der Waals surface area contributed by atoms with E-state index in [-0.39, 0.29) is 29.6 Å². The molecule has 0 atom stereocenters. The topological polar surface area (TPSA) is 90.7 Å². The summed E-state index contributed by atoms with van der Waals surface area (Å²) >= 11 is 5.73. The van der Waals surface area contributed by atoms with Crippen molar-refractivity contribution in [1.29, 1.82) is 0 Å². The maximum Gasteiger partial charge on any atom is 0.283 e. The molecule has 7 nitrogen and oxygen atoms in total. The third-order valence-electron chi connectivity index (χ3n) is 3.29. The molecular formula is C15H11ClN2O5. The fourth-order valence-electron chi connectivity index (χ4n) is 2.18. The van der Waals surface area contributed by atoms with Crippen molar-refractivity contribution in [2.75, 3.05) is 6.79 Å². The molecule has 0 unspecified atom stereocenters. The highest BCUT2D eigenvalue weighted by molar-refractivity contribution is 6.31. The molecule has 1 heterocycles. The second-order valence-electron chi connectivity index (χ2n) is 4.79. The molecule has 1 amide bonds. The van der Waals surface area contributed by atoms with Gasteiger partial charge in [0.05, 0.1) is 4.92 Å². The van der Waals surface area contributed by atoms with Crippen molar-refractivity contribution in [3.05, 3.63) is 62.7 Å². The van der Waals surface area contributed by atoms with Crippen molar-refractivity contribution < 1.29 is 19.2 Å². The summed E-state index contributed by atoms with van der Waals surface area (Å²) in [7, 11) is 0. The van der Waals surface area contributed by atoms with E-state index in [4.69, 9.17) is 21.1 Å². The van der Waals surface area contributed by atoms with E-state index in [1.807, 2.05) is 0 Å². The van der Waals surface area contributed by atoms with Gasteiger partial charge in [-0.25, -0.2) is 0 Å². The number of nitrogens with zero attached hydrogens (tertiary/aromatic N) is 1. The molecular weight excluding hydrogens is 324 g/mol. The van der Waals surface area contributed by atoms with Crippen molar-refractivity contribution in [2.24, 2.45) is 0 Å². The molecule has 2 aromatic rings. The highest BCUT2D eigenvalue weighted by Gasteiger charge is 2.20. The monoisotopic (exact) mass is 334 g/mol. The first-order chi connectivity index (χ1) is 11.0. The number of hydrogen-bond acceptors (Lipinski definition) is 5. The lowest BCUT2D eigenvalue weighted by Crippen LogP contribution is -2.23. The van der Waals surface area contributed by atoms with Gasteiger partial charge in [-0.05, 0) is 29.8 Å². The van der Waals surface area contributed by atoms with Crippen LogP contribution in [-0.2, 0) is 6.54 Å². The molecule has 0 saturated heterocycles. The summed E-state index contributed by atoms with van der Waals surface area (Å²) < 4.78 is 10.5. The van der Waals surface area contributed by atoms with E-state index in [0.717, 1.165) is 11.6 Å². The summed E-state index contributed by atoms with van der Waals surface area (Å²) in [6, 6.07) is 9.19. The fourth-order valence-corrected chi connectivity index (χ4v) is 2.34. The van der Waals surface area contributed by atoms with Crippen molar-refractivity contribution in [1.82, 2.24) is 5.32 Å². The number of carbonyl (C=O) groups is 1. The van der Waals surface area contributed by atoms with E-state index in [9.17, 15) is 14.9 Å². The third-order valence-corrected chi connectivity index (χ3v) is 3.53. The highest BCUT2D eigenvalue weighted by atomic mass is 35.5. The van der Waals surface area contributed by atoms with Crippen molar-refractivity contribution >= 4 is 23.2 Å². The molecule has 1 aliphatic rings. The van der Waals surface area contributed by atoms with Crippen molar-refractivity contribution in [3.63, 3.8) is 0 Å². The quantitative estimate of drug-likeness (QED) is 0.685. The van der Waals surface area contributed by atoms with Crippen molar-refractivity contribution in [3.8, 4) is 11.5 Å². The molecule has 23 heavy (non-hydrogen) atoms. The molecule has 0 fully saturated rings. The number of carbonyl (C=O) groups excluding carboxylic acids is 1. The number of rotatable bonds is 4. The molecule has 1 N–H and O–H groups in total. The van der Waals surface area contributed by atoms with Gasteiger partial charge >= 0.3 is 0 Å². The average molecular weight is 335 g/mol. The summed E-state index contributed by atoms with van der Waals surface area (Å²) in [4.78, 5) is 22.6. The van der Waals surface area contributed by atoms with Gasteiger partial charge in [0.15, 0.2) is 11.5 Å². The van der Waals surface area contributed by atoms with E-state index < -0.39 is 10.8 Å². The summed E-state index contributed by atoms with van der Waals surface area (Å²) in [6.45, 7) is 0.372. The minimum atomic E-state index is -0.638. The van der Waals surface area contributed by atoms with Crippen LogP contribution < -0.4 is 14.8 Å². The minimum absolute atomic E-state index is 0.0415. The number of nitrogens with one attached hydrogen (secondary N) is 1. The predicted molar refractivity (Wildman–Crippen MR) is 81.8 cm³/mol. The van der Waals surface area contributed by atoms with Gasteiger partial charge in [0.1, 0.15) is 5.56 Å². The molecule has 8 heteroatoms. The van der Waals surface area contributed by atoms with Crippen LogP contribution in [0.4, 0.5) is 5.69 Å². The SMILES string of the molecule is O=C(NCc1ccc2c(c1)OCO2)c1ccc(Cl)cc1[N+](=O)[O-]. The molecule has 3 rings (SSSR count). The van der Waals surface area contributed by atoms with Gasteiger partial charge in [-0.15, -0.1) is 0 Å². The van der Waals surface area contributed by atoms with Crippen LogP contribution in [0.1, 0.15) is 15.9 Å². The van der Waals surface area contributed by atoms with Gasteiger partial charge in [0, 0.05) is 17.6 Å². The second kappa shape index (κ2) is 6.13. The molecule has 1 aliphatic heterocycles. The Bertz CT molecular complexity index is 793. The first-order valence-corrected chi connectivity index (χ1v) is 7.03. The Balaban J connectivity index is 1.74. The van der Waals surface area contributed by atoms with Crippen LogP contribution in [0.5, 0.6) is 11.5 Å². The molecule has 0 radical (unpaired) electrons. The van der Waals surface area contributed by atoms with Crippen LogP contribution >= 0.6 is 11.6 Å². The zero-order valence-electron chi connectivity index (χ0n) is 11.7. The Kier molecular flexibility index (Phi) is 4.03. The number of hydrogen-bond donors (Lipinski definition) is 1. The average Bonchev–Trinajstić information content (AvgIpc) is 3.00. The number of benzene rings is 2. The van der Waals surface area contributed by atoms with Crippen LogP contribution in [-0.4, -0.2) is 17.6 Å². The smallest absolute Gasteiger partial charge is 0.283 e. The maximum absolute atomic E-state index is 12.2. The number of nitro benzene ring substituents is 1. The molecule has 0 aromatic heterocycles.